The maximum absolute atomic E-state index is 12.9. The van der Waals surface area contributed by atoms with E-state index in [1.54, 1.807) is 16.7 Å². The van der Waals surface area contributed by atoms with E-state index in [9.17, 15) is 9.59 Å². The van der Waals surface area contributed by atoms with E-state index in [4.69, 9.17) is 0 Å². The first-order valence-corrected chi connectivity index (χ1v) is 11.7. The van der Waals surface area contributed by atoms with Crippen molar-refractivity contribution in [1.29, 1.82) is 0 Å². The van der Waals surface area contributed by atoms with Crippen molar-refractivity contribution in [2.24, 2.45) is 5.92 Å². The van der Waals surface area contributed by atoms with E-state index >= 15 is 0 Å². The summed E-state index contributed by atoms with van der Waals surface area (Å²) < 4.78 is 3.60. The van der Waals surface area contributed by atoms with Crippen molar-refractivity contribution in [3.63, 3.8) is 0 Å². The molecule has 9 heteroatoms. The Balaban J connectivity index is 1.35. The molecular weight excluding hydrogens is 412 g/mol. The highest BCUT2D eigenvalue weighted by Gasteiger charge is 2.24. The molecule has 0 spiro atoms. The molecule has 1 fully saturated rings. The van der Waals surface area contributed by atoms with Crippen LogP contribution in [0.25, 0.3) is 4.96 Å². The van der Waals surface area contributed by atoms with E-state index < -0.39 is 0 Å². The molecule has 0 radical (unpaired) electrons. The largest absolute Gasteiger partial charge is 0.340 e. The zero-order valence-electron chi connectivity index (χ0n) is 18.7. The summed E-state index contributed by atoms with van der Waals surface area (Å²) in [6, 6.07) is 1.61. The molecule has 1 aliphatic rings. The summed E-state index contributed by atoms with van der Waals surface area (Å²) in [6.07, 6.45) is 2.16. The predicted molar refractivity (Wildman–Crippen MR) is 121 cm³/mol. The van der Waals surface area contributed by atoms with Crippen molar-refractivity contribution < 1.29 is 4.79 Å². The van der Waals surface area contributed by atoms with E-state index in [1.807, 2.05) is 21.9 Å². The lowest BCUT2D eigenvalue weighted by atomic mass is 10.1. The van der Waals surface area contributed by atoms with Gasteiger partial charge in [-0.25, -0.2) is 4.98 Å². The molecule has 31 heavy (non-hydrogen) atoms. The van der Waals surface area contributed by atoms with Crippen LogP contribution < -0.4 is 5.56 Å². The fourth-order valence-electron chi connectivity index (χ4n) is 4.13. The number of thiazole rings is 1. The van der Waals surface area contributed by atoms with Gasteiger partial charge in [-0.3, -0.25) is 23.6 Å². The summed E-state index contributed by atoms with van der Waals surface area (Å²) in [5, 5.41) is 6.51. The zero-order valence-corrected chi connectivity index (χ0v) is 19.5. The van der Waals surface area contributed by atoms with Crippen molar-refractivity contribution >= 4 is 22.2 Å². The van der Waals surface area contributed by atoms with Crippen molar-refractivity contribution in [3.05, 3.63) is 50.6 Å². The Labute approximate surface area is 186 Å². The number of carbonyl (C=O) groups excluding carboxylic acids is 1. The van der Waals surface area contributed by atoms with Crippen LogP contribution in [0.1, 0.15) is 36.5 Å². The Kier molecular flexibility index (Phi) is 6.24. The molecule has 4 rings (SSSR count). The second kappa shape index (κ2) is 8.92. The highest BCUT2D eigenvalue weighted by molar-refractivity contribution is 7.15. The average Bonchev–Trinajstić information content (AvgIpc) is 3.29. The molecule has 3 aromatic rings. The number of fused-ring (bicyclic) bond motifs is 1. The molecule has 0 N–H and O–H groups in total. The van der Waals surface area contributed by atoms with Gasteiger partial charge in [0, 0.05) is 68.2 Å². The van der Waals surface area contributed by atoms with Crippen LogP contribution in [0.15, 0.2) is 22.4 Å². The summed E-state index contributed by atoms with van der Waals surface area (Å²) in [5.41, 5.74) is 3.85. The smallest absolute Gasteiger partial charge is 0.258 e. The maximum atomic E-state index is 12.9. The molecule has 0 unspecified atom stereocenters. The van der Waals surface area contributed by atoms with Gasteiger partial charge in [0.15, 0.2) is 4.96 Å². The first-order chi connectivity index (χ1) is 14.8. The molecule has 166 valence electrons. The third-order valence-corrected chi connectivity index (χ3v) is 6.62. The van der Waals surface area contributed by atoms with Crippen LogP contribution in [0.5, 0.6) is 0 Å². The molecule has 0 bridgehead atoms. The maximum Gasteiger partial charge on any atom is 0.258 e. The molecule has 1 aliphatic heterocycles. The first kappa shape index (κ1) is 21.7. The van der Waals surface area contributed by atoms with Gasteiger partial charge in [-0.05, 0) is 19.8 Å². The summed E-state index contributed by atoms with van der Waals surface area (Å²) >= 11 is 1.46. The zero-order chi connectivity index (χ0) is 22.1. The van der Waals surface area contributed by atoms with Crippen LogP contribution in [0.3, 0.4) is 0 Å². The van der Waals surface area contributed by atoms with Crippen LogP contribution in [0.2, 0.25) is 0 Å². The fourth-order valence-corrected chi connectivity index (χ4v) is 4.87. The van der Waals surface area contributed by atoms with Gasteiger partial charge in [0.05, 0.1) is 17.8 Å². The van der Waals surface area contributed by atoms with Gasteiger partial charge in [-0.1, -0.05) is 13.8 Å². The fraction of sp³-hybridized carbons (Fsp3) is 0.545. The van der Waals surface area contributed by atoms with Gasteiger partial charge in [-0.2, -0.15) is 5.10 Å². The molecule has 1 amide bonds. The molecule has 3 aromatic heterocycles. The van der Waals surface area contributed by atoms with Gasteiger partial charge in [0.25, 0.3) is 5.56 Å². The Bertz CT molecular complexity index is 1140. The second-order valence-corrected chi connectivity index (χ2v) is 9.57. The Morgan fingerprint density at radius 1 is 1.19 bits per heavy atom. The van der Waals surface area contributed by atoms with Gasteiger partial charge in [0.2, 0.25) is 5.91 Å². The van der Waals surface area contributed by atoms with Crippen LogP contribution in [0.4, 0.5) is 0 Å². The summed E-state index contributed by atoms with van der Waals surface area (Å²) in [6.45, 7) is 12.8. The van der Waals surface area contributed by atoms with Crippen molar-refractivity contribution in [2.45, 2.75) is 47.2 Å². The van der Waals surface area contributed by atoms with E-state index in [1.165, 1.54) is 11.3 Å². The molecular formula is C22H30N6O2S. The van der Waals surface area contributed by atoms with E-state index in [0.717, 1.165) is 47.2 Å². The molecule has 4 heterocycles. The number of rotatable bonds is 6. The number of piperazine rings is 1. The van der Waals surface area contributed by atoms with Crippen LogP contribution in [0, 0.1) is 19.8 Å². The standard InChI is InChI=1S/C22H30N6O2S/c1-15(2)13-28-17(4)19(16(3)24-28)12-20(29)26-7-5-25(6-8-26)14-18-11-21(30)27-9-10-31-22(27)23-18/h9-11,15H,5-8,12-14H2,1-4H3. The molecule has 0 atom stereocenters. The topological polar surface area (TPSA) is 75.7 Å². The van der Waals surface area contributed by atoms with Gasteiger partial charge in [-0.15, -0.1) is 11.3 Å². The third-order valence-electron chi connectivity index (χ3n) is 5.86. The van der Waals surface area contributed by atoms with Crippen LogP contribution >= 0.6 is 11.3 Å². The normalized spacial score (nSPS) is 15.3. The number of hydrogen-bond acceptors (Lipinski definition) is 6. The minimum Gasteiger partial charge on any atom is -0.340 e. The van der Waals surface area contributed by atoms with Gasteiger partial charge >= 0.3 is 0 Å². The number of nitrogens with zero attached hydrogens (tertiary/aromatic N) is 6. The molecule has 8 nitrogen and oxygen atoms in total. The number of aryl methyl sites for hydroxylation is 1. The lowest BCUT2D eigenvalue weighted by Gasteiger charge is -2.34. The summed E-state index contributed by atoms with van der Waals surface area (Å²) in [4.78, 5) is 34.6. The molecule has 0 aromatic carbocycles. The summed E-state index contributed by atoms with van der Waals surface area (Å²) in [5.74, 6) is 0.673. The second-order valence-electron chi connectivity index (χ2n) is 8.70. The van der Waals surface area contributed by atoms with Crippen molar-refractivity contribution in [3.8, 4) is 0 Å². The SMILES string of the molecule is Cc1nn(CC(C)C)c(C)c1CC(=O)N1CCN(Cc2cc(=O)n3ccsc3n2)CC1. The monoisotopic (exact) mass is 442 g/mol. The van der Waals surface area contributed by atoms with Crippen molar-refractivity contribution in [1.82, 2.24) is 29.0 Å². The lowest BCUT2D eigenvalue weighted by molar-refractivity contribution is -0.132. The van der Waals surface area contributed by atoms with E-state index in [0.29, 0.717) is 32.0 Å². The number of carbonyl (C=O) groups is 1. The highest BCUT2D eigenvalue weighted by Crippen LogP contribution is 2.17. The predicted octanol–water partition coefficient (Wildman–Crippen LogP) is 2.11. The van der Waals surface area contributed by atoms with Gasteiger partial charge in [0.1, 0.15) is 0 Å². The van der Waals surface area contributed by atoms with E-state index in [2.05, 4.69) is 35.8 Å². The minimum atomic E-state index is -0.0428. The number of aromatic nitrogens is 4. The van der Waals surface area contributed by atoms with Crippen LogP contribution in [-0.2, 0) is 24.3 Å². The Hall–Kier alpha value is -2.52. The van der Waals surface area contributed by atoms with Crippen molar-refractivity contribution in [2.75, 3.05) is 26.2 Å². The third kappa shape index (κ3) is 4.72. The number of hydrogen-bond donors (Lipinski definition) is 0. The van der Waals surface area contributed by atoms with E-state index in [-0.39, 0.29) is 11.5 Å². The minimum absolute atomic E-state index is 0.0428. The average molecular weight is 443 g/mol. The first-order valence-electron chi connectivity index (χ1n) is 10.8. The Morgan fingerprint density at radius 2 is 1.94 bits per heavy atom. The van der Waals surface area contributed by atoms with Gasteiger partial charge < -0.3 is 4.90 Å². The molecule has 0 aliphatic carbocycles. The molecule has 1 saturated heterocycles. The quantitative estimate of drug-likeness (QED) is 0.585. The van der Waals surface area contributed by atoms with Crippen LogP contribution in [-0.4, -0.2) is 61.1 Å². The highest BCUT2D eigenvalue weighted by atomic mass is 32.1. The lowest BCUT2D eigenvalue weighted by Crippen LogP contribution is -2.48. The summed E-state index contributed by atoms with van der Waals surface area (Å²) in [7, 11) is 0. The number of amides is 1. The molecule has 0 saturated carbocycles. The Morgan fingerprint density at radius 3 is 2.65 bits per heavy atom.